The predicted molar refractivity (Wildman–Crippen MR) is 220 cm³/mol. The monoisotopic (exact) mass is 664 g/mol. The number of benzene rings is 7. The number of pyridine rings is 1. The molecule has 0 saturated heterocycles. The van der Waals surface area contributed by atoms with E-state index < -0.39 is 0 Å². The lowest BCUT2D eigenvalue weighted by Crippen LogP contribution is -2.18. The van der Waals surface area contributed by atoms with Crippen LogP contribution in [0.2, 0.25) is 0 Å². The molecule has 1 aliphatic heterocycles. The van der Waals surface area contributed by atoms with Crippen molar-refractivity contribution in [2.75, 3.05) is 11.4 Å². The predicted octanol–water partition coefficient (Wildman–Crippen LogP) is 12.3. The van der Waals surface area contributed by atoms with Crippen LogP contribution in [0.5, 0.6) is 0 Å². The fraction of sp³-hybridized carbons (Fsp3) is 0.0208. The lowest BCUT2D eigenvalue weighted by molar-refractivity contribution is 1.08. The highest BCUT2D eigenvalue weighted by Gasteiger charge is 2.23. The quantitative estimate of drug-likeness (QED) is 0.176. The summed E-state index contributed by atoms with van der Waals surface area (Å²) in [5, 5.41) is 8.54. The molecule has 4 heterocycles. The van der Waals surface area contributed by atoms with Gasteiger partial charge in [-0.05, 0) is 77.0 Å². The van der Waals surface area contributed by atoms with Crippen molar-refractivity contribution >= 4 is 82.2 Å². The molecule has 0 fully saturated rings. The highest BCUT2D eigenvalue weighted by atomic mass is 15.1. The van der Waals surface area contributed by atoms with E-state index >= 15 is 0 Å². The van der Waals surface area contributed by atoms with Crippen molar-refractivity contribution in [2.24, 2.45) is 0 Å². The van der Waals surface area contributed by atoms with Gasteiger partial charge in [-0.15, -0.1) is 0 Å². The normalized spacial score (nSPS) is 14.8. The van der Waals surface area contributed by atoms with E-state index in [-0.39, 0.29) is 0 Å². The van der Waals surface area contributed by atoms with Crippen LogP contribution in [0.25, 0.3) is 82.4 Å². The van der Waals surface area contributed by atoms with Gasteiger partial charge >= 0.3 is 0 Å². The van der Waals surface area contributed by atoms with Crippen LogP contribution >= 0.6 is 0 Å². The molecule has 0 amide bonds. The molecule has 244 valence electrons. The Morgan fingerprint density at radius 1 is 0.519 bits per heavy atom. The van der Waals surface area contributed by atoms with Crippen LogP contribution < -0.4 is 4.90 Å². The summed E-state index contributed by atoms with van der Waals surface area (Å²) in [4.78, 5) is 7.71. The molecule has 11 rings (SSSR count). The molecule has 4 nitrogen and oxygen atoms in total. The molecule has 3 aromatic heterocycles. The van der Waals surface area contributed by atoms with Crippen molar-refractivity contribution in [1.82, 2.24) is 14.1 Å². The van der Waals surface area contributed by atoms with Crippen LogP contribution in [0.15, 0.2) is 176 Å². The Morgan fingerprint density at radius 2 is 1.15 bits per heavy atom. The van der Waals surface area contributed by atoms with Gasteiger partial charge < -0.3 is 9.47 Å². The van der Waals surface area contributed by atoms with Crippen molar-refractivity contribution in [3.63, 3.8) is 0 Å². The molecule has 0 saturated carbocycles. The third-order valence-corrected chi connectivity index (χ3v) is 10.8. The van der Waals surface area contributed by atoms with E-state index in [1.54, 1.807) is 0 Å². The largest absolute Gasteiger partial charge is 0.337 e. The molecule has 0 unspecified atom stereocenters. The Hall–Kier alpha value is -6.91. The Kier molecular flexibility index (Phi) is 6.13. The Labute approximate surface area is 300 Å². The molecule has 0 bridgehead atoms. The molecule has 0 aliphatic carbocycles. The molecule has 1 aliphatic rings. The minimum absolute atomic E-state index is 0.723. The number of anilines is 2. The number of aromatic nitrogens is 3. The molecule has 0 spiro atoms. The number of nitrogens with zero attached hydrogens (tertiary/aromatic N) is 4. The maximum Gasteiger partial charge on any atom is 0.138 e. The van der Waals surface area contributed by atoms with Gasteiger partial charge in [-0.3, -0.25) is 4.57 Å². The van der Waals surface area contributed by atoms with Gasteiger partial charge in [-0.2, -0.15) is 0 Å². The number of hydrogen-bond acceptors (Lipinski definition) is 2. The van der Waals surface area contributed by atoms with Crippen LogP contribution in [-0.4, -0.2) is 20.7 Å². The SMILES string of the molecule is C=C1/C=C\C=C/CN(c2cc3ccc4cc(-n5c6ccccc6c6ccccc65)cc5c4c3c(c2)n5-c2ccc3ccccc3n2)c2ccccc21. The van der Waals surface area contributed by atoms with Gasteiger partial charge in [0.05, 0.1) is 27.6 Å². The van der Waals surface area contributed by atoms with Crippen LogP contribution in [0, 0.1) is 0 Å². The fourth-order valence-electron chi connectivity index (χ4n) is 8.48. The van der Waals surface area contributed by atoms with Crippen LogP contribution in [0.3, 0.4) is 0 Å². The zero-order valence-corrected chi connectivity index (χ0v) is 28.4. The first kappa shape index (κ1) is 28.9. The summed E-state index contributed by atoms with van der Waals surface area (Å²) in [6.45, 7) is 5.14. The minimum atomic E-state index is 0.723. The zero-order valence-electron chi connectivity index (χ0n) is 28.4. The first-order chi connectivity index (χ1) is 25.7. The van der Waals surface area contributed by atoms with E-state index in [1.807, 2.05) is 0 Å². The smallest absolute Gasteiger partial charge is 0.138 e. The average molecular weight is 665 g/mol. The van der Waals surface area contributed by atoms with Gasteiger partial charge in [-0.25, -0.2) is 4.98 Å². The zero-order chi connectivity index (χ0) is 34.3. The van der Waals surface area contributed by atoms with Crippen molar-refractivity contribution in [3.05, 3.63) is 182 Å². The molecular formula is C48H32N4. The van der Waals surface area contributed by atoms with E-state index in [4.69, 9.17) is 4.98 Å². The highest BCUT2D eigenvalue weighted by molar-refractivity contribution is 6.25. The summed E-state index contributed by atoms with van der Waals surface area (Å²) in [6.07, 6.45) is 8.50. The summed E-state index contributed by atoms with van der Waals surface area (Å²) in [5.41, 5.74) is 11.1. The second kappa shape index (κ2) is 11.0. The Morgan fingerprint density at radius 3 is 1.94 bits per heavy atom. The average Bonchev–Trinajstić information content (AvgIpc) is 3.73. The molecule has 0 N–H and O–H groups in total. The summed E-state index contributed by atoms with van der Waals surface area (Å²) < 4.78 is 4.80. The van der Waals surface area contributed by atoms with Crippen molar-refractivity contribution in [1.29, 1.82) is 0 Å². The molecule has 0 atom stereocenters. The number of hydrogen-bond donors (Lipinski definition) is 0. The molecule has 10 aromatic rings. The van der Waals surface area contributed by atoms with E-state index in [1.165, 1.54) is 43.4 Å². The maximum atomic E-state index is 5.31. The molecular weight excluding hydrogens is 633 g/mol. The standard InChI is InChI=1S/C48H32N4/c1-31-13-3-2-12-26-50(41-19-9-5-15-37(31)41)35-27-33-22-23-34-28-36(51-42-20-10-6-16-38(42)39-17-7-11-21-43(39)51)30-45-48(34)47(33)44(29-35)52(45)46-25-24-32-14-4-8-18-40(32)49-46/h2-25,27-30H,1,26H2/b12-2-,13-3-. The van der Waals surface area contributed by atoms with Crippen LogP contribution in [0.1, 0.15) is 5.56 Å². The number of fused-ring (bicyclic) bond motifs is 5. The lowest BCUT2D eigenvalue weighted by Gasteiger charge is -2.27. The molecule has 7 aromatic carbocycles. The second-order valence-electron chi connectivity index (χ2n) is 13.7. The van der Waals surface area contributed by atoms with Gasteiger partial charge in [0, 0.05) is 56.1 Å². The fourth-order valence-corrected chi connectivity index (χ4v) is 8.48. The van der Waals surface area contributed by atoms with E-state index in [0.29, 0.717) is 0 Å². The number of para-hydroxylation sites is 4. The molecule has 52 heavy (non-hydrogen) atoms. The Balaban J connectivity index is 1.25. The van der Waals surface area contributed by atoms with Gasteiger partial charge in [0.2, 0.25) is 0 Å². The van der Waals surface area contributed by atoms with E-state index in [0.717, 1.165) is 62.5 Å². The topological polar surface area (TPSA) is 26.0 Å². The van der Waals surface area contributed by atoms with Crippen LogP contribution in [0.4, 0.5) is 11.4 Å². The number of allylic oxidation sites excluding steroid dienone is 4. The van der Waals surface area contributed by atoms with Gasteiger partial charge in [0.25, 0.3) is 0 Å². The summed E-state index contributed by atoms with van der Waals surface area (Å²) >= 11 is 0. The first-order valence-corrected chi connectivity index (χ1v) is 17.8. The van der Waals surface area contributed by atoms with Crippen molar-refractivity contribution in [3.8, 4) is 11.5 Å². The maximum absolute atomic E-state index is 5.31. The summed E-state index contributed by atoms with van der Waals surface area (Å²) in [6, 6.07) is 52.8. The third-order valence-electron chi connectivity index (χ3n) is 10.8. The van der Waals surface area contributed by atoms with Gasteiger partial charge in [0.15, 0.2) is 0 Å². The summed E-state index contributed by atoms with van der Waals surface area (Å²) in [5.74, 6) is 0.899. The van der Waals surface area contributed by atoms with E-state index in [9.17, 15) is 0 Å². The minimum Gasteiger partial charge on any atom is -0.337 e. The van der Waals surface area contributed by atoms with Crippen molar-refractivity contribution in [2.45, 2.75) is 0 Å². The van der Waals surface area contributed by atoms with Gasteiger partial charge in [0.1, 0.15) is 5.82 Å². The molecule has 0 radical (unpaired) electrons. The molecule has 4 heteroatoms. The summed E-state index contributed by atoms with van der Waals surface area (Å²) in [7, 11) is 0. The highest BCUT2D eigenvalue weighted by Crippen LogP contribution is 2.44. The van der Waals surface area contributed by atoms with Crippen LogP contribution in [-0.2, 0) is 0 Å². The number of rotatable bonds is 3. The van der Waals surface area contributed by atoms with Gasteiger partial charge in [-0.1, -0.05) is 116 Å². The second-order valence-corrected chi connectivity index (χ2v) is 13.7. The van der Waals surface area contributed by atoms with Crippen molar-refractivity contribution < 1.29 is 0 Å². The Bertz CT molecular complexity index is 3080. The third kappa shape index (κ3) is 4.18. The lowest BCUT2D eigenvalue weighted by atomic mass is 10.00. The van der Waals surface area contributed by atoms with E-state index in [2.05, 4.69) is 191 Å². The first-order valence-electron chi connectivity index (χ1n) is 17.8.